The summed E-state index contributed by atoms with van der Waals surface area (Å²) in [5.74, 6) is 0.279. The summed E-state index contributed by atoms with van der Waals surface area (Å²) >= 11 is 0. The Morgan fingerprint density at radius 2 is 2.00 bits per heavy atom. The van der Waals surface area contributed by atoms with Crippen molar-refractivity contribution in [3.05, 3.63) is 28.8 Å². The van der Waals surface area contributed by atoms with E-state index in [1.54, 1.807) is 0 Å². The third kappa shape index (κ3) is 1.64. The van der Waals surface area contributed by atoms with Gasteiger partial charge in [-0.3, -0.25) is 0 Å². The van der Waals surface area contributed by atoms with Gasteiger partial charge in [0, 0.05) is 17.0 Å². The first-order valence-electron chi connectivity index (χ1n) is 8.68. The van der Waals surface area contributed by atoms with E-state index >= 15 is 0 Å². The number of fused-ring (bicyclic) bond motifs is 1. The van der Waals surface area contributed by atoms with E-state index in [2.05, 4.69) is 24.9 Å². The monoisotopic (exact) mass is 301 g/mol. The van der Waals surface area contributed by atoms with Crippen LogP contribution in [0.4, 0.5) is 0 Å². The zero-order valence-corrected chi connectivity index (χ0v) is 13.7. The normalized spacial score (nSPS) is 37.5. The number of hydrogen-bond acceptors (Lipinski definition) is 3. The molecule has 2 N–H and O–H groups in total. The Morgan fingerprint density at radius 3 is 2.77 bits per heavy atom. The number of piperidine rings is 1. The van der Waals surface area contributed by atoms with Crippen LogP contribution in [0.1, 0.15) is 55.7 Å². The lowest BCUT2D eigenvalue weighted by atomic mass is 9.44. The number of benzene rings is 1. The van der Waals surface area contributed by atoms with Gasteiger partial charge in [0.15, 0.2) is 0 Å². The summed E-state index contributed by atoms with van der Waals surface area (Å²) < 4.78 is 0. The highest BCUT2D eigenvalue weighted by Crippen LogP contribution is 2.63. The zero-order valence-electron chi connectivity index (χ0n) is 13.7. The van der Waals surface area contributed by atoms with E-state index in [1.807, 2.05) is 6.07 Å². The Hall–Kier alpha value is -1.06. The van der Waals surface area contributed by atoms with Gasteiger partial charge >= 0.3 is 0 Å². The number of aliphatic hydroxyl groups is 1. The Bertz CT molecular complexity index is 614. The van der Waals surface area contributed by atoms with Crippen molar-refractivity contribution in [1.29, 1.82) is 0 Å². The van der Waals surface area contributed by atoms with Gasteiger partial charge in [-0.05, 0) is 68.0 Å². The van der Waals surface area contributed by atoms with Gasteiger partial charge in [0.2, 0.25) is 0 Å². The van der Waals surface area contributed by atoms with Crippen molar-refractivity contribution in [3.8, 4) is 5.75 Å². The molecular formula is C19H27NO2. The first-order valence-corrected chi connectivity index (χ1v) is 8.68. The molecule has 0 aromatic heterocycles. The third-order valence-electron chi connectivity index (χ3n) is 7.21. The average molecular weight is 301 g/mol. The van der Waals surface area contributed by atoms with Crippen LogP contribution in [-0.2, 0) is 18.4 Å². The van der Waals surface area contributed by atoms with Crippen molar-refractivity contribution >= 4 is 0 Å². The molecule has 1 saturated heterocycles. The van der Waals surface area contributed by atoms with Crippen molar-refractivity contribution in [2.24, 2.45) is 5.41 Å². The van der Waals surface area contributed by atoms with Crippen LogP contribution in [0.3, 0.4) is 0 Å². The Morgan fingerprint density at radius 1 is 1.23 bits per heavy atom. The quantitative estimate of drug-likeness (QED) is 0.838. The van der Waals surface area contributed by atoms with Crippen LogP contribution in [0.25, 0.3) is 0 Å². The van der Waals surface area contributed by atoms with Crippen LogP contribution in [-0.4, -0.2) is 34.7 Å². The van der Waals surface area contributed by atoms with Crippen molar-refractivity contribution in [3.63, 3.8) is 0 Å². The maximum atomic E-state index is 10.3. The fraction of sp³-hybridized carbons (Fsp3) is 0.684. The lowest BCUT2D eigenvalue weighted by Crippen LogP contribution is -2.66. The minimum atomic E-state index is -0.0795. The van der Waals surface area contributed by atoms with E-state index in [-0.39, 0.29) is 17.8 Å². The third-order valence-corrected chi connectivity index (χ3v) is 7.21. The molecule has 2 fully saturated rings. The molecule has 1 heterocycles. The van der Waals surface area contributed by atoms with Crippen LogP contribution in [0.5, 0.6) is 5.75 Å². The van der Waals surface area contributed by atoms with Gasteiger partial charge in [0.05, 0.1) is 6.61 Å². The molecule has 4 rings (SSSR count). The van der Waals surface area contributed by atoms with E-state index in [1.165, 1.54) is 43.2 Å². The predicted molar refractivity (Wildman–Crippen MR) is 87.0 cm³/mol. The summed E-state index contributed by atoms with van der Waals surface area (Å²) in [6.07, 6.45) is 7.42. The highest BCUT2D eigenvalue weighted by Gasteiger charge is 2.60. The molecule has 0 radical (unpaired) electrons. The molecule has 3 atom stereocenters. The number of aromatic hydroxyl groups is 1. The molecule has 3 aliphatic rings. The summed E-state index contributed by atoms with van der Waals surface area (Å²) in [5, 5.41) is 19.8. The maximum Gasteiger partial charge on any atom is 0.121 e. The van der Waals surface area contributed by atoms with E-state index in [4.69, 9.17) is 0 Å². The first kappa shape index (κ1) is 14.5. The van der Waals surface area contributed by atoms with Crippen molar-refractivity contribution < 1.29 is 10.2 Å². The van der Waals surface area contributed by atoms with Gasteiger partial charge in [-0.15, -0.1) is 0 Å². The number of likely N-dealkylation sites (tertiary alicyclic amines) is 1. The molecule has 120 valence electrons. The topological polar surface area (TPSA) is 43.7 Å². The SMILES string of the molecule is CN1CC[C@@]23CCCC[C@]2(C)[C@@H]1Cc1cc(CO)c(O)cc13. The average Bonchev–Trinajstić information content (AvgIpc) is 2.51. The Labute approximate surface area is 133 Å². The number of likely N-dealkylation sites (N-methyl/N-ethyl adjacent to an activating group) is 1. The zero-order chi connectivity index (χ0) is 15.5. The summed E-state index contributed by atoms with van der Waals surface area (Å²) in [5.41, 5.74) is 3.96. The molecule has 22 heavy (non-hydrogen) atoms. The second-order valence-corrected chi connectivity index (χ2v) is 7.95. The van der Waals surface area contributed by atoms with E-state index in [0.29, 0.717) is 17.0 Å². The van der Waals surface area contributed by atoms with Crippen LogP contribution in [0, 0.1) is 5.41 Å². The Balaban J connectivity index is 1.95. The molecule has 0 amide bonds. The molecule has 0 spiro atoms. The van der Waals surface area contributed by atoms with Crippen molar-refractivity contribution in [2.45, 2.75) is 63.5 Å². The maximum absolute atomic E-state index is 10.3. The van der Waals surface area contributed by atoms with Gasteiger partial charge in [-0.25, -0.2) is 0 Å². The molecule has 3 heteroatoms. The molecule has 1 aliphatic heterocycles. The summed E-state index contributed by atoms with van der Waals surface area (Å²) in [6.45, 7) is 3.57. The standard InChI is InChI=1S/C19H27NO2/c1-18-5-3-4-6-19(18)7-8-20(2)17(18)10-13-9-14(12-21)16(22)11-15(13)19/h9,11,17,21-22H,3-8,10,12H2,1-2H3/t17-,18+,19+/m0/s1. The highest BCUT2D eigenvalue weighted by atomic mass is 16.3. The second-order valence-electron chi connectivity index (χ2n) is 7.95. The Kier molecular flexibility index (Phi) is 3.11. The van der Waals surface area contributed by atoms with Gasteiger partial charge in [-0.2, -0.15) is 0 Å². The predicted octanol–water partition coefficient (Wildman–Crippen LogP) is 2.96. The fourth-order valence-electron chi connectivity index (χ4n) is 5.94. The van der Waals surface area contributed by atoms with Crippen LogP contribution in [0.2, 0.25) is 0 Å². The highest BCUT2D eigenvalue weighted by molar-refractivity contribution is 5.50. The molecule has 1 saturated carbocycles. The molecule has 1 aromatic carbocycles. The molecule has 0 unspecified atom stereocenters. The number of aliphatic hydroxyl groups excluding tert-OH is 1. The summed E-state index contributed by atoms with van der Waals surface area (Å²) in [6, 6.07) is 4.64. The van der Waals surface area contributed by atoms with Gasteiger partial charge < -0.3 is 15.1 Å². The summed E-state index contributed by atoms with van der Waals surface area (Å²) in [4.78, 5) is 2.55. The number of nitrogens with zero attached hydrogens (tertiary/aromatic N) is 1. The molecular weight excluding hydrogens is 274 g/mol. The lowest BCUT2D eigenvalue weighted by molar-refractivity contribution is -0.0736. The molecule has 1 aromatic rings. The van der Waals surface area contributed by atoms with Crippen molar-refractivity contribution in [2.75, 3.05) is 13.6 Å². The van der Waals surface area contributed by atoms with Gasteiger partial charge in [0.25, 0.3) is 0 Å². The van der Waals surface area contributed by atoms with Crippen LogP contribution >= 0.6 is 0 Å². The number of hydrogen-bond donors (Lipinski definition) is 2. The molecule has 2 aliphatic carbocycles. The minimum absolute atomic E-state index is 0.0795. The second kappa shape index (κ2) is 4.72. The first-order chi connectivity index (χ1) is 10.5. The van der Waals surface area contributed by atoms with E-state index in [0.717, 1.165) is 13.0 Å². The molecule has 2 bridgehead atoms. The van der Waals surface area contributed by atoms with Crippen LogP contribution in [0.15, 0.2) is 12.1 Å². The van der Waals surface area contributed by atoms with E-state index in [9.17, 15) is 10.2 Å². The molecule has 3 nitrogen and oxygen atoms in total. The van der Waals surface area contributed by atoms with Crippen LogP contribution < -0.4 is 0 Å². The summed E-state index contributed by atoms with van der Waals surface area (Å²) in [7, 11) is 2.27. The van der Waals surface area contributed by atoms with E-state index < -0.39 is 0 Å². The smallest absolute Gasteiger partial charge is 0.121 e. The number of rotatable bonds is 1. The lowest BCUT2D eigenvalue weighted by Gasteiger charge is -2.65. The van der Waals surface area contributed by atoms with Crippen molar-refractivity contribution in [1.82, 2.24) is 4.90 Å². The minimum Gasteiger partial charge on any atom is -0.508 e. The number of phenols is 1. The largest absolute Gasteiger partial charge is 0.508 e. The van der Waals surface area contributed by atoms with Gasteiger partial charge in [0.1, 0.15) is 5.75 Å². The van der Waals surface area contributed by atoms with Gasteiger partial charge in [-0.1, -0.05) is 19.8 Å². The fourth-order valence-corrected chi connectivity index (χ4v) is 5.94.